The molecule has 0 saturated heterocycles. The third-order valence-corrected chi connectivity index (χ3v) is 4.47. The number of nitrogens with zero attached hydrogens (tertiary/aromatic N) is 3. The molecule has 7 heteroatoms. The summed E-state index contributed by atoms with van der Waals surface area (Å²) < 4.78 is 0. The number of nitrogen functional groups attached to an aromatic ring is 1. The van der Waals surface area contributed by atoms with Crippen molar-refractivity contribution in [3.8, 4) is 0 Å². The Hall–Kier alpha value is -1.89. The highest BCUT2D eigenvalue weighted by Crippen LogP contribution is 2.34. The molecule has 0 atom stereocenters. The largest absolute Gasteiger partial charge is 0.351 e. The summed E-state index contributed by atoms with van der Waals surface area (Å²) >= 11 is 0. The minimum atomic E-state index is -0.392. The average Bonchev–Trinajstić information content (AvgIpc) is 2.53. The van der Waals surface area contributed by atoms with Crippen LogP contribution in [0.5, 0.6) is 0 Å². The number of hydrogen-bond acceptors (Lipinski definition) is 6. The second kappa shape index (κ2) is 6.71. The van der Waals surface area contributed by atoms with E-state index in [9.17, 15) is 10.1 Å². The highest BCUT2D eigenvalue weighted by molar-refractivity contribution is 5.61. The van der Waals surface area contributed by atoms with E-state index in [1.165, 1.54) is 31.4 Å². The third kappa shape index (κ3) is 3.41. The van der Waals surface area contributed by atoms with Crippen molar-refractivity contribution in [3.63, 3.8) is 0 Å². The zero-order valence-corrected chi connectivity index (χ0v) is 12.6. The first-order valence-corrected chi connectivity index (χ1v) is 7.41. The van der Waals surface area contributed by atoms with Crippen LogP contribution in [0, 0.1) is 16.0 Å². The zero-order valence-electron chi connectivity index (χ0n) is 12.6. The Kier molecular flexibility index (Phi) is 4.95. The van der Waals surface area contributed by atoms with Crippen molar-refractivity contribution in [2.45, 2.75) is 45.1 Å². The lowest BCUT2D eigenvalue weighted by molar-refractivity contribution is -0.384. The number of nitrogens with two attached hydrogens (primary N) is 1. The molecule has 2 rings (SSSR count). The van der Waals surface area contributed by atoms with Gasteiger partial charge in [0, 0.05) is 19.2 Å². The summed E-state index contributed by atoms with van der Waals surface area (Å²) in [6, 6.07) is 3.27. The van der Waals surface area contributed by atoms with Crippen molar-refractivity contribution in [2.75, 3.05) is 17.4 Å². The standard InChI is InChI=1S/C14H23N5O2/c1-3-10-4-6-11(7-5-10)18(2)14-12(19(20)21)8-9-13(16-14)17-15/h8-11H,3-7,15H2,1-2H3,(H,16,17). The maximum Gasteiger partial charge on any atom is 0.311 e. The van der Waals surface area contributed by atoms with Crippen LogP contribution in [0.2, 0.25) is 0 Å². The van der Waals surface area contributed by atoms with Crippen LogP contribution in [-0.4, -0.2) is 23.0 Å². The van der Waals surface area contributed by atoms with E-state index >= 15 is 0 Å². The van der Waals surface area contributed by atoms with Crippen LogP contribution in [0.25, 0.3) is 0 Å². The fraction of sp³-hybridized carbons (Fsp3) is 0.643. The summed E-state index contributed by atoms with van der Waals surface area (Å²) in [6.45, 7) is 2.22. The first-order chi connectivity index (χ1) is 10.1. The van der Waals surface area contributed by atoms with Crippen LogP contribution in [0.15, 0.2) is 12.1 Å². The molecule has 1 fully saturated rings. The van der Waals surface area contributed by atoms with Crippen LogP contribution in [-0.2, 0) is 0 Å². The normalized spacial score (nSPS) is 21.9. The fourth-order valence-corrected chi connectivity index (χ4v) is 3.04. The van der Waals surface area contributed by atoms with Gasteiger partial charge in [-0.25, -0.2) is 10.8 Å². The average molecular weight is 293 g/mol. The number of nitro groups is 1. The van der Waals surface area contributed by atoms with Crippen molar-refractivity contribution >= 4 is 17.3 Å². The van der Waals surface area contributed by atoms with Gasteiger partial charge < -0.3 is 10.3 Å². The van der Waals surface area contributed by atoms with Gasteiger partial charge in [0.1, 0.15) is 5.82 Å². The zero-order chi connectivity index (χ0) is 15.4. The van der Waals surface area contributed by atoms with E-state index < -0.39 is 4.92 Å². The van der Waals surface area contributed by atoms with Gasteiger partial charge in [0.2, 0.25) is 5.82 Å². The van der Waals surface area contributed by atoms with Crippen molar-refractivity contribution in [1.82, 2.24) is 4.98 Å². The highest BCUT2D eigenvalue weighted by atomic mass is 16.6. The predicted molar refractivity (Wildman–Crippen MR) is 83.1 cm³/mol. The van der Waals surface area contributed by atoms with Crippen molar-refractivity contribution < 1.29 is 4.92 Å². The molecular weight excluding hydrogens is 270 g/mol. The van der Waals surface area contributed by atoms with Crippen LogP contribution in [0.1, 0.15) is 39.0 Å². The molecule has 0 unspecified atom stereocenters. The Morgan fingerprint density at radius 1 is 1.43 bits per heavy atom. The van der Waals surface area contributed by atoms with Crippen LogP contribution in [0.4, 0.5) is 17.3 Å². The number of pyridine rings is 1. The molecular formula is C14H23N5O2. The quantitative estimate of drug-likeness (QED) is 0.492. The molecule has 0 aromatic carbocycles. The van der Waals surface area contributed by atoms with Crippen LogP contribution in [0.3, 0.4) is 0 Å². The molecule has 1 saturated carbocycles. The first kappa shape index (κ1) is 15.5. The lowest BCUT2D eigenvalue weighted by atomic mass is 9.84. The molecule has 1 aromatic rings. The fourth-order valence-electron chi connectivity index (χ4n) is 3.04. The van der Waals surface area contributed by atoms with E-state index in [1.54, 1.807) is 0 Å². The van der Waals surface area contributed by atoms with E-state index in [2.05, 4.69) is 17.3 Å². The SMILES string of the molecule is CCC1CCC(N(C)c2nc(NN)ccc2[N+](=O)[O-])CC1. The Labute approximate surface area is 124 Å². The number of hydrogen-bond donors (Lipinski definition) is 2. The highest BCUT2D eigenvalue weighted by Gasteiger charge is 2.28. The van der Waals surface area contributed by atoms with Gasteiger partial charge in [0.15, 0.2) is 0 Å². The Morgan fingerprint density at radius 2 is 2.10 bits per heavy atom. The summed E-state index contributed by atoms with van der Waals surface area (Å²) in [5.41, 5.74) is 2.47. The second-order valence-electron chi connectivity index (χ2n) is 5.63. The maximum atomic E-state index is 11.2. The smallest absolute Gasteiger partial charge is 0.311 e. The van der Waals surface area contributed by atoms with E-state index in [-0.39, 0.29) is 5.69 Å². The summed E-state index contributed by atoms with van der Waals surface area (Å²) in [6.07, 6.45) is 5.66. The van der Waals surface area contributed by atoms with Gasteiger partial charge in [0.05, 0.1) is 4.92 Å². The predicted octanol–water partition coefficient (Wildman–Crippen LogP) is 2.68. The van der Waals surface area contributed by atoms with Gasteiger partial charge >= 0.3 is 5.69 Å². The van der Waals surface area contributed by atoms with Gasteiger partial charge in [0.25, 0.3) is 0 Å². The molecule has 7 nitrogen and oxygen atoms in total. The Bertz CT molecular complexity index is 500. The molecule has 0 radical (unpaired) electrons. The molecule has 1 heterocycles. The molecule has 1 aliphatic rings. The van der Waals surface area contributed by atoms with Crippen molar-refractivity contribution in [2.24, 2.45) is 11.8 Å². The summed E-state index contributed by atoms with van der Waals surface area (Å²) in [5, 5.41) is 11.2. The first-order valence-electron chi connectivity index (χ1n) is 7.41. The number of anilines is 2. The molecule has 3 N–H and O–H groups in total. The molecule has 0 spiro atoms. The number of aromatic nitrogens is 1. The number of rotatable bonds is 5. The number of hydrazine groups is 1. The Morgan fingerprint density at radius 3 is 2.62 bits per heavy atom. The van der Waals surface area contributed by atoms with E-state index in [0.29, 0.717) is 17.7 Å². The molecule has 116 valence electrons. The Balaban J connectivity index is 2.21. The van der Waals surface area contributed by atoms with Gasteiger partial charge in [-0.1, -0.05) is 13.3 Å². The monoisotopic (exact) mass is 293 g/mol. The summed E-state index contributed by atoms with van der Waals surface area (Å²) in [7, 11) is 1.88. The number of nitrogens with one attached hydrogen (secondary N) is 1. The van der Waals surface area contributed by atoms with Crippen molar-refractivity contribution in [3.05, 3.63) is 22.2 Å². The minimum Gasteiger partial charge on any atom is -0.351 e. The van der Waals surface area contributed by atoms with Crippen LogP contribution >= 0.6 is 0 Å². The van der Waals surface area contributed by atoms with Gasteiger partial charge in [-0.3, -0.25) is 10.1 Å². The molecule has 0 aliphatic heterocycles. The third-order valence-electron chi connectivity index (χ3n) is 4.47. The van der Waals surface area contributed by atoms with Gasteiger partial charge in [-0.05, 0) is 37.7 Å². The lowest BCUT2D eigenvalue weighted by Crippen LogP contribution is -2.36. The van der Waals surface area contributed by atoms with Gasteiger partial charge in [-0.2, -0.15) is 0 Å². The molecule has 0 bridgehead atoms. The minimum absolute atomic E-state index is 0.0223. The topological polar surface area (TPSA) is 97.3 Å². The van der Waals surface area contributed by atoms with E-state index in [1.807, 2.05) is 11.9 Å². The summed E-state index contributed by atoms with van der Waals surface area (Å²) in [4.78, 5) is 17.0. The molecule has 21 heavy (non-hydrogen) atoms. The molecule has 0 amide bonds. The second-order valence-corrected chi connectivity index (χ2v) is 5.63. The van der Waals surface area contributed by atoms with Crippen LogP contribution < -0.4 is 16.2 Å². The lowest BCUT2D eigenvalue weighted by Gasteiger charge is -2.34. The maximum absolute atomic E-state index is 11.2. The van der Waals surface area contributed by atoms with Crippen molar-refractivity contribution in [1.29, 1.82) is 0 Å². The van der Waals surface area contributed by atoms with E-state index in [4.69, 9.17) is 5.84 Å². The summed E-state index contributed by atoms with van der Waals surface area (Å²) in [5.74, 6) is 6.97. The molecule has 1 aromatic heterocycles. The van der Waals surface area contributed by atoms with E-state index in [0.717, 1.165) is 18.8 Å². The molecule has 1 aliphatic carbocycles. The van der Waals surface area contributed by atoms with Gasteiger partial charge in [-0.15, -0.1) is 0 Å².